The molecule has 0 amide bonds. The zero-order valence-corrected chi connectivity index (χ0v) is 30.6. The number of fused-ring (bicyclic) bond motifs is 6. The minimum atomic E-state index is 0.00279. The van der Waals surface area contributed by atoms with Crippen LogP contribution in [0.3, 0.4) is 0 Å². The fourth-order valence-corrected chi connectivity index (χ4v) is 9.42. The molecule has 0 fully saturated rings. The molecule has 53 heavy (non-hydrogen) atoms. The van der Waals surface area contributed by atoms with Crippen molar-refractivity contribution in [3.05, 3.63) is 199 Å². The Kier molecular flexibility index (Phi) is 7.42. The summed E-state index contributed by atoms with van der Waals surface area (Å²) in [7, 11) is 0. The molecule has 9 aromatic rings. The number of benzene rings is 8. The number of anilines is 3. The Morgan fingerprint density at radius 3 is 1.55 bits per heavy atom. The summed E-state index contributed by atoms with van der Waals surface area (Å²) < 4.78 is 2.69. The van der Waals surface area contributed by atoms with E-state index >= 15 is 0 Å². The molecule has 1 aromatic heterocycles. The molecule has 0 atom stereocenters. The van der Waals surface area contributed by atoms with Gasteiger partial charge in [-0.2, -0.15) is 0 Å². The van der Waals surface area contributed by atoms with Crippen LogP contribution in [0.25, 0.3) is 64.7 Å². The van der Waals surface area contributed by atoms with Gasteiger partial charge in [0.1, 0.15) is 0 Å². The van der Waals surface area contributed by atoms with E-state index in [4.69, 9.17) is 0 Å². The topological polar surface area (TPSA) is 3.24 Å². The lowest BCUT2D eigenvalue weighted by molar-refractivity contribution is 0.661. The molecule has 1 aliphatic carbocycles. The van der Waals surface area contributed by atoms with Crippen molar-refractivity contribution in [1.82, 2.24) is 0 Å². The summed E-state index contributed by atoms with van der Waals surface area (Å²) in [6.07, 6.45) is 0. The molecular weight excluding hydrogens is 659 g/mol. The van der Waals surface area contributed by atoms with Gasteiger partial charge in [-0.3, -0.25) is 0 Å². The molecule has 2 heteroatoms. The van der Waals surface area contributed by atoms with E-state index in [9.17, 15) is 0 Å². The quantitative estimate of drug-likeness (QED) is 0.167. The highest BCUT2D eigenvalue weighted by molar-refractivity contribution is 7.25. The summed E-state index contributed by atoms with van der Waals surface area (Å²) in [5.41, 5.74) is 16.2. The highest BCUT2D eigenvalue weighted by Gasteiger charge is 2.35. The van der Waals surface area contributed by atoms with E-state index < -0.39 is 0 Å². The molecule has 0 unspecified atom stereocenters. The second-order valence-corrected chi connectivity index (χ2v) is 15.7. The van der Waals surface area contributed by atoms with Crippen molar-refractivity contribution in [1.29, 1.82) is 0 Å². The number of thiophene rings is 1. The first-order valence-corrected chi connectivity index (χ1v) is 19.2. The summed E-state index contributed by atoms with van der Waals surface area (Å²) in [5.74, 6) is 0. The minimum Gasteiger partial charge on any atom is -0.310 e. The van der Waals surface area contributed by atoms with Gasteiger partial charge >= 0.3 is 0 Å². The highest BCUT2D eigenvalue weighted by Crippen LogP contribution is 2.51. The molecule has 0 radical (unpaired) electrons. The van der Waals surface area contributed by atoms with Crippen molar-refractivity contribution in [2.75, 3.05) is 4.90 Å². The maximum Gasteiger partial charge on any atom is 0.0467 e. The lowest BCUT2D eigenvalue weighted by atomic mass is 9.82. The number of rotatable bonds is 6. The van der Waals surface area contributed by atoms with Gasteiger partial charge in [-0.1, -0.05) is 141 Å². The van der Waals surface area contributed by atoms with Crippen molar-refractivity contribution in [3.8, 4) is 44.5 Å². The van der Waals surface area contributed by atoms with Gasteiger partial charge in [0.25, 0.3) is 0 Å². The average Bonchev–Trinajstić information content (AvgIpc) is 3.69. The van der Waals surface area contributed by atoms with Gasteiger partial charge in [0.05, 0.1) is 0 Å². The van der Waals surface area contributed by atoms with Gasteiger partial charge in [-0.05, 0) is 116 Å². The van der Waals surface area contributed by atoms with E-state index in [1.54, 1.807) is 0 Å². The van der Waals surface area contributed by atoms with Crippen LogP contribution in [0.5, 0.6) is 0 Å². The molecule has 10 rings (SSSR count). The lowest BCUT2D eigenvalue weighted by Gasteiger charge is -2.27. The molecular formula is C51H37NS. The van der Waals surface area contributed by atoms with Crippen molar-refractivity contribution in [2.45, 2.75) is 19.3 Å². The van der Waals surface area contributed by atoms with Gasteiger partial charge in [-0.25, -0.2) is 0 Å². The molecule has 0 saturated carbocycles. The first kappa shape index (κ1) is 31.5. The van der Waals surface area contributed by atoms with Gasteiger partial charge in [0.2, 0.25) is 0 Å². The van der Waals surface area contributed by atoms with Crippen LogP contribution in [0.15, 0.2) is 188 Å². The largest absolute Gasteiger partial charge is 0.310 e. The number of hydrogen-bond donors (Lipinski definition) is 0. The Balaban J connectivity index is 1.06. The predicted octanol–water partition coefficient (Wildman–Crippen LogP) is 14.8. The van der Waals surface area contributed by atoms with Gasteiger partial charge in [0.15, 0.2) is 0 Å². The van der Waals surface area contributed by atoms with Gasteiger partial charge in [0, 0.05) is 42.6 Å². The first-order valence-electron chi connectivity index (χ1n) is 18.3. The van der Waals surface area contributed by atoms with Crippen molar-refractivity contribution in [2.24, 2.45) is 0 Å². The highest BCUT2D eigenvalue weighted by atomic mass is 32.1. The second-order valence-electron chi connectivity index (χ2n) is 14.6. The molecule has 8 aromatic carbocycles. The van der Waals surface area contributed by atoms with Crippen LogP contribution in [0.1, 0.15) is 25.0 Å². The number of hydrogen-bond acceptors (Lipinski definition) is 2. The monoisotopic (exact) mass is 695 g/mol. The third kappa shape index (κ3) is 5.37. The molecule has 0 N–H and O–H groups in total. The first-order chi connectivity index (χ1) is 26.0. The fraction of sp³-hybridized carbons (Fsp3) is 0.0588. The molecule has 1 aliphatic rings. The predicted molar refractivity (Wildman–Crippen MR) is 228 cm³/mol. The van der Waals surface area contributed by atoms with Crippen molar-refractivity contribution in [3.63, 3.8) is 0 Å². The van der Waals surface area contributed by atoms with Crippen LogP contribution in [-0.4, -0.2) is 0 Å². The summed E-state index contributed by atoms with van der Waals surface area (Å²) >= 11 is 1.90. The lowest BCUT2D eigenvalue weighted by Crippen LogP contribution is -2.14. The van der Waals surface area contributed by atoms with E-state index in [1.807, 2.05) is 11.3 Å². The van der Waals surface area contributed by atoms with E-state index in [1.165, 1.54) is 75.8 Å². The summed E-state index contributed by atoms with van der Waals surface area (Å²) in [4.78, 5) is 2.37. The van der Waals surface area contributed by atoms with E-state index in [2.05, 4.69) is 207 Å². The summed E-state index contributed by atoms with van der Waals surface area (Å²) in [6, 6.07) is 68.9. The molecule has 252 valence electrons. The van der Waals surface area contributed by atoms with E-state index in [-0.39, 0.29) is 5.41 Å². The average molecular weight is 696 g/mol. The van der Waals surface area contributed by atoms with Crippen LogP contribution >= 0.6 is 11.3 Å². The molecule has 0 bridgehead atoms. The van der Waals surface area contributed by atoms with Crippen molar-refractivity contribution >= 4 is 48.6 Å². The second kappa shape index (κ2) is 12.5. The SMILES string of the molecule is CC1(C)c2ccccc2-c2cc3c(cc21)sc1ccc(-c2ccc(N(c4cccc(-c5ccccc5)c4)c4cccc(-c5ccccc5)c4)cc2)cc13. The zero-order chi connectivity index (χ0) is 35.5. The molecule has 1 nitrogen and oxygen atoms in total. The van der Waals surface area contributed by atoms with Crippen LogP contribution < -0.4 is 4.90 Å². The standard InChI is InChI=1S/C51H37NS/c1-51(2)47-22-10-9-21-43(47)44-32-46-45-31-39(25-28-49(45)53-50(46)33-48(44)51)36-23-26-40(27-24-36)52(41-19-11-17-37(29-41)34-13-5-3-6-14-34)42-20-12-18-38(30-42)35-15-7-4-8-16-35/h3-33H,1-2H3. The van der Waals surface area contributed by atoms with Gasteiger partial charge in [-0.15, -0.1) is 11.3 Å². The third-order valence-corrected chi connectivity index (χ3v) is 12.2. The Hall–Kier alpha value is -6.22. The molecule has 0 spiro atoms. The van der Waals surface area contributed by atoms with E-state index in [0.29, 0.717) is 0 Å². The van der Waals surface area contributed by atoms with Crippen LogP contribution in [-0.2, 0) is 5.41 Å². The Labute approximate surface area is 315 Å². The van der Waals surface area contributed by atoms with Crippen LogP contribution in [0.4, 0.5) is 17.1 Å². The van der Waals surface area contributed by atoms with Crippen molar-refractivity contribution < 1.29 is 0 Å². The number of nitrogens with zero attached hydrogens (tertiary/aromatic N) is 1. The normalized spacial score (nSPS) is 12.9. The Morgan fingerprint density at radius 2 is 0.887 bits per heavy atom. The maximum absolute atomic E-state index is 2.46. The van der Waals surface area contributed by atoms with E-state index in [0.717, 1.165) is 17.1 Å². The maximum atomic E-state index is 2.46. The smallest absolute Gasteiger partial charge is 0.0467 e. The third-order valence-electron chi connectivity index (χ3n) is 11.1. The zero-order valence-electron chi connectivity index (χ0n) is 29.8. The van der Waals surface area contributed by atoms with Crippen LogP contribution in [0.2, 0.25) is 0 Å². The summed E-state index contributed by atoms with van der Waals surface area (Å²) in [5, 5.41) is 2.67. The van der Waals surface area contributed by atoms with Crippen LogP contribution in [0, 0.1) is 0 Å². The Morgan fingerprint density at radius 1 is 0.358 bits per heavy atom. The molecule has 0 saturated heterocycles. The van der Waals surface area contributed by atoms with Gasteiger partial charge < -0.3 is 4.90 Å². The molecule has 1 heterocycles. The summed E-state index contributed by atoms with van der Waals surface area (Å²) in [6.45, 7) is 4.72. The fourth-order valence-electron chi connectivity index (χ4n) is 8.31. The molecule has 0 aliphatic heterocycles. The Bertz CT molecular complexity index is 2710. The minimum absolute atomic E-state index is 0.00279.